The fraction of sp³-hybridized carbons (Fsp3) is 0.300. The van der Waals surface area contributed by atoms with Crippen LogP contribution in [0.5, 0.6) is 0 Å². The Balaban J connectivity index is 2.51. The normalized spacial score (nSPS) is 14.1. The van der Waals surface area contributed by atoms with Crippen LogP contribution >= 0.6 is 7.40 Å². The molecule has 0 spiro atoms. The molecule has 1 unspecified atom stereocenters. The van der Waals surface area contributed by atoms with E-state index in [1.165, 1.54) is 0 Å². The van der Waals surface area contributed by atoms with E-state index in [0.717, 1.165) is 5.56 Å². The van der Waals surface area contributed by atoms with Crippen molar-refractivity contribution in [3.63, 3.8) is 0 Å². The molecular formula is C10H15BNO3P. The summed E-state index contributed by atoms with van der Waals surface area (Å²) in [5.74, 6) is 0. The third-order valence-electron chi connectivity index (χ3n) is 2.11. The summed E-state index contributed by atoms with van der Waals surface area (Å²) in [5, 5.41) is 2.63. The number of rotatable bonds is 7. The van der Waals surface area contributed by atoms with Crippen LogP contribution in [0.2, 0.25) is 6.82 Å². The number of carbonyl (C=O) groups excluding carboxylic acids is 1. The molecule has 0 bridgehead atoms. The number of aldehydes is 1. The quantitative estimate of drug-likeness (QED) is 0.446. The first kappa shape index (κ1) is 13.2. The van der Waals surface area contributed by atoms with Crippen molar-refractivity contribution in [2.75, 3.05) is 6.54 Å². The fourth-order valence-electron chi connectivity index (χ4n) is 1.18. The van der Waals surface area contributed by atoms with E-state index in [2.05, 4.69) is 5.09 Å². The van der Waals surface area contributed by atoms with Gasteiger partial charge in [-0.1, -0.05) is 37.2 Å². The first-order chi connectivity index (χ1) is 7.70. The second-order valence-corrected chi connectivity index (χ2v) is 5.83. The molecule has 1 rings (SSSR count). The molecule has 0 aliphatic rings. The van der Waals surface area contributed by atoms with Crippen LogP contribution in [0.1, 0.15) is 5.56 Å². The molecule has 0 saturated heterocycles. The highest BCUT2D eigenvalue weighted by molar-refractivity contribution is 7.85. The van der Waals surface area contributed by atoms with E-state index in [1.54, 1.807) is 6.82 Å². The van der Waals surface area contributed by atoms with Crippen LogP contribution in [0.25, 0.3) is 0 Å². The molecule has 86 valence electrons. The summed E-state index contributed by atoms with van der Waals surface area (Å²) in [7, 11) is -2.86. The van der Waals surface area contributed by atoms with Crippen LogP contribution < -0.4 is 5.09 Å². The molecule has 4 nitrogen and oxygen atoms in total. The van der Waals surface area contributed by atoms with Gasteiger partial charge in [0.05, 0.1) is 13.2 Å². The zero-order valence-corrected chi connectivity index (χ0v) is 10.2. The van der Waals surface area contributed by atoms with Gasteiger partial charge in [0.15, 0.2) is 0 Å². The summed E-state index contributed by atoms with van der Waals surface area (Å²) in [6.07, 6.45) is 0.675. The summed E-state index contributed by atoms with van der Waals surface area (Å²) in [6.45, 7) is 2.48. The van der Waals surface area contributed by atoms with E-state index in [-0.39, 0.29) is 13.2 Å². The molecule has 1 N–H and O–H groups in total. The van der Waals surface area contributed by atoms with Crippen LogP contribution in [-0.2, 0) is 20.5 Å². The van der Waals surface area contributed by atoms with E-state index < -0.39 is 7.40 Å². The van der Waals surface area contributed by atoms with Crippen LogP contribution in [0, 0.1) is 0 Å². The Morgan fingerprint density at radius 2 is 2.12 bits per heavy atom. The van der Waals surface area contributed by atoms with Gasteiger partial charge in [-0.15, -0.1) is 0 Å². The molecule has 0 fully saturated rings. The highest BCUT2D eigenvalue weighted by Gasteiger charge is 2.20. The van der Waals surface area contributed by atoms with Crippen molar-refractivity contribution in [1.29, 1.82) is 0 Å². The predicted molar refractivity (Wildman–Crippen MR) is 65.9 cm³/mol. The second-order valence-electron chi connectivity index (χ2n) is 3.28. The van der Waals surface area contributed by atoms with Crippen LogP contribution in [0.15, 0.2) is 30.3 Å². The number of hydrogen-bond donors (Lipinski definition) is 1. The molecule has 0 radical (unpaired) electrons. The molecule has 0 aromatic heterocycles. The Morgan fingerprint density at radius 1 is 1.44 bits per heavy atom. The lowest BCUT2D eigenvalue weighted by Gasteiger charge is -2.16. The monoisotopic (exact) mass is 239 g/mol. The van der Waals surface area contributed by atoms with Crippen molar-refractivity contribution in [2.24, 2.45) is 0 Å². The fourth-order valence-corrected chi connectivity index (χ4v) is 2.39. The molecule has 0 aliphatic carbocycles. The summed E-state index contributed by atoms with van der Waals surface area (Å²) in [4.78, 5) is 10.2. The molecule has 0 amide bonds. The third-order valence-corrected chi connectivity index (χ3v) is 4.16. The average Bonchev–Trinajstić information content (AvgIpc) is 2.35. The van der Waals surface area contributed by atoms with E-state index in [4.69, 9.17) is 4.52 Å². The largest absolute Gasteiger partial charge is 0.320 e. The van der Waals surface area contributed by atoms with E-state index in [9.17, 15) is 9.36 Å². The number of hydrogen-bond acceptors (Lipinski definition) is 3. The smallest absolute Gasteiger partial charge is 0.250 e. The first-order valence-corrected chi connectivity index (χ1v) is 6.97. The van der Waals surface area contributed by atoms with Gasteiger partial charge in [0.2, 0.25) is 7.40 Å². The van der Waals surface area contributed by atoms with Crippen molar-refractivity contribution in [1.82, 2.24) is 5.09 Å². The number of nitrogens with one attached hydrogen (secondary N) is 1. The minimum absolute atomic E-state index is 0.0555. The Hall–Kier alpha value is -0.895. The molecule has 16 heavy (non-hydrogen) atoms. The van der Waals surface area contributed by atoms with Crippen molar-refractivity contribution in [3.8, 4) is 0 Å². The van der Waals surface area contributed by atoms with Gasteiger partial charge < -0.3 is 9.32 Å². The lowest BCUT2D eigenvalue weighted by Crippen LogP contribution is -2.17. The van der Waals surface area contributed by atoms with Gasteiger partial charge in [-0.2, -0.15) is 0 Å². The standard InChI is InChI=1S/C10H15BNO3P/c1-11-16(14,12-7-8-13)15-9-10-5-3-2-4-6-10/h2-6,8,11H,7,9H2,1H3,(H,12,14). The van der Waals surface area contributed by atoms with Gasteiger partial charge in [0, 0.05) is 0 Å². The first-order valence-electron chi connectivity index (χ1n) is 5.16. The van der Waals surface area contributed by atoms with E-state index in [0.29, 0.717) is 13.3 Å². The zero-order valence-electron chi connectivity index (χ0n) is 9.26. The summed E-state index contributed by atoms with van der Waals surface area (Å²) >= 11 is 0. The maximum atomic E-state index is 12.0. The van der Waals surface area contributed by atoms with E-state index >= 15 is 0 Å². The molecular weight excluding hydrogens is 224 g/mol. The van der Waals surface area contributed by atoms with Crippen LogP contribution in [0.3, 0.4) is 0 Å². The third kappa shape index (κ3) is 4.31. The van der Waals surface area contributed by atoms with Crippen molar-refractivity contribution >= 4 is 20.7 Å². The Kier molecular flexibility index (Phi) is 5.46. The average molecular weight is 239 g/mol. The topological polar surface area (TPSA) is 55.4 Å². The summed E-state index contributed by atoms with van der Waals surface area (Å²) in [5.41, 5.74) is 0.962. The predicted octanol–water partition coefficient (Wildman–Crippen LogP) is 1.58. The molecule has 1 atom stereocenters. The van der Waals surface area contributed by atoms with Gasteiger partial charge >= 0.3 is 0 Å². The molecule has 0 saturated carbocycles. The zero-order chi connectivity index (χ0) is 11.9. The lowest BCUT2D eigenvalue weighted by atomic mass is 10.2. The minimum Gasteiger partial charge on any atom is -0.320 e. The molecule has 6 heteroatoms. The Bertz CT molecular complexity index is 372. The van der Waals surface area contributed by atoms with E-state index in [1.807, 2.05) is 30.3 Å². The number of benzene rings is 1. The maximum Gasteiger partial charge on any atom is 0.250 e. The molecule has 1 aromatic rings. The molecule has 1 aromatic carbocycles. The van der Waals surface area contributed by atoms with Gasteiger partial charge in [-0.05, 0) is 5.56 Å². The lowest BCUT2D eigenvalue weighted by molar-refractivity contribution is -0.106. The van der Waals surface area contributed by atoms with Gasteiger partial charge in [-0.25, -0.2) is 5.09 Å². The maximum absolute atomic E-state index is 12.0. The molecule has 0 heterocycles. The van der Waals surface area contributed by atoms with Gasteiger partial charge in [-0.3, -0.25) is 4.57 Å². The van der Waals surface area contributed by atoms with Gasteiger partial charge in [0.1, 0.15) is 6.29 Å². The summed E-state index contributed by atoms with van der Waals surface area (Å²) < 4.78 is 17.4. The highest BCUT2D eigenvalue weighted by Crippen LogP contribution is 2.40. The Labute approximate surface area is 96.1 Å². The van der Waals surface area contributed by atoms with Gasteiger partial charge in [0.25, 0.3) is 7.00 Å². The Morgan fingerprint density at radius 3 is 2.69 bits per heavy atom. The number of carbonyl (C=O) groups is 1. The minimum atomic E-state index is -2.86. The van der Waals surface area contributed by atoms with Crippen LogP contribution in [0.4, 0.5) is 0 Å². The van der Waals surface area contributed by atoms with Crippen molar-refractivity contribution in [2.45, 2.75) is 13.4 Å². The van der Waals surface area contributed by atoms with Crippen molar-refractivity contribution in [3.05, 3.63) is 35.9 Å². The molecule has 0 aliphatic heterocycles. The van der Waals surface area contributed by atoms with Crippen LogP contribution in [-0.4, -0.2) is 19.8 Å². The van der Waals surface area contributed by atoms with Crippen molar-refractivity contribution < 1.29 is 13.9 Å². The second kappa shape index (κ2) is 6.64. The highest BCUT2D eigenvalue weighted by atomic mass is 31.2. The summed E-state index contributed by atoms with van der Waals surface area (Å²) in [6, 6.07) is 9.51. The SMILES string of the molecule is CBP(=O)(NCC=O)OCc1ccccc1.